The molecule has 0 amide bonds. The summed E-state index contributed by atoms with van der Waals surface area (Å²) in [6.07, 6.45) is 0. The summed E-state index contributed by atoms with van der Waals surface area (Å²) >= 11 is 0. The van der Waals surface area contributed by atoms with Gasteiger partial charge in [0.25, 0.3) is 0 Å². The van der Waals surface area contributed by atoms with Crippen molar-refractivity contribution in [2.45, 2.75) is 0 Å². The zero-order chi connectivity index (χ0) is 3.41. The van der Waals surface area contributed by atoms with Crippen molar-refractivity contribution < 1.29 is 9.09 Å². The summed E-state index contributed by atoms with van der Waals surface area (Å²) in [4.78, 5) is 0. The van der Waals surface area contributed by atoms with E-state index in [0.717, 1.165) is 0 Å². The van der Waals surface area contributed by atoms with Crippen LogP contribution >= 0.6 is 8.69 Å². The van der Waals surface area contributed by atoms with E-state index in [2.05, 4.69) is 4.52 Å². The summed E-state index contributed by atoms with van der Waals surface area (Å²) in [7, 11) is 1.10. The fraction of sp³-hybridized carbons (Fsp3) is 1.00. The maximum atomic E-state index is 9.05. The molecule has 5 heavy (non-hydrogen) atoms. The minimum atomic E-state index is -0.252. The molecule has 0 bridgehead atoms. The van der Waals surface area contributed by atoms with E-state index < -0.39 is 0 Å². The summed E-state index contributed by atoms with van der Waals surface area (Å²) in [6.45, 7) is 0. The van der Waals surface area contributed by atoms with Gasteiger partial charge in [0.05, 0.1) is 0 Å². The van der Waals surface area contributed by atoms with Crippen LogP contribution in [0.2, 0.25) is 0 Å². The van der Waals surface area contributed by atoms with Crippen LogP contribution in [-0.4, -0.2) is 44.8 Å². The van der Waals surface area contributed by atoms with Crippen molar-refractivity contribution in [1.82, 2.24) is 0 Å². The molecule has 28 valence electrons. The van der Waals surface area contributed by atoms with E-state index in [1.54, 1.807) is 0 Å². The Morgan fingerprint density at radius 1 is 1.80 bits per heavy atom. The molecule has 0 atom stereocenters. The monoisotopic (exact) mass is 120 g/mol. The first-order chi connectivity index (χ1) is 1.91. The molecule has 0 aliphatic carbocycles. The SMILES string of the molecule is COP=O.[CaH2]. The fourth-order valence-corrected chi connectivity index (χ4v) is 0. The fourth-order valence-electron chi connectivity index (χ4n) is 0. The Bertz CT molecular complexity index is 23.6. The third-order valence-electron chi connectivity index (χ3n) is 0.0745. The molecule has 0 saturated carbocycles. The van der Waals surface area contributed by atoms with Crippen LogP contribution in [-0.2, 0) is 9.09 Å². The molecule has 0 spiro atoms. The van der Waals surface area contributed by atoms with Crippen LogP contribution in [0.1, 0.15) is 0 Å². The first-order valence-electron chi connectivity index (χ1n) is 0.773. The van der Waals surface area contributed by atoms with Gasteiger partial charge in [-0.1, -0.05) is 0 Å². The molecule has 0 aliphatic rings. The molecule has 0 aromatic rings. The van der Waals surface area contributed by atoms with E-state index in [1.807, 2.05) is 0 Å². The van der Waals surface area contributed by atoms with Gasteiger partial charge in [0.1, 0.15) is 0 Å². The van der Waals surface area contributed by atoms with Gasteiger partial charge in [-0.05, 0) is 0 Å². The van der Waals surface area contributed by atoms with Crippen molar-refractivity contribution in [1.29, 1.82) is 0 Å². The van der Waals surface area contributed by atoms with Crippen LogP contribution in [0, 0.1) is 0 Å². The molecule has 0 aromatic heterocycles. The molecule has 0 heterocycles. The van der Waals surface area contributed by atoms with Gasteiger partial charge in [-0.3, -0.25) is 4.52 Å². The Labute approximate surface area is 62.2 Å². The third kappa shape index (κ3) is 10.9. The molecule has 0 N–H and O–H groups in total. The molecule has 0 aliphatic heterocycles. The molecular formula is CH5CaO2P. The van der Waals surface area contributed by atoms with Crippen molar-refractivity contribution in [3.8, 4) is 0 Å². The number of hydrogen-bond acceptors (Lipinski definition) is 2. The van der Waals surface area contributed by atoms with Crippen molar-refractivity contribution in [3.63, 3.8) is 0 Å². The Morgan fingerprint density at radius 3 is 2.00 bits per heavy atom. The van der Waals surface area contributed by atoms with Gasteiger partial charge in [-0.2, -0.15) is 0 Å². The summed E-state index contributed by atoms with van der Waals surface area (Å²) in [5, 5.41) is 0. The molecule has 0 radical (unpaired) electrons. The molecular weight excluding hydrogens is 115 g/mol. The Morgan fingerprint density at radius 2 is 2.00 bits per heavy atom. The van der Waals surface area contributed by atoms with E-state index in [4.69, 9.17) is 4.57 Å². The van der Waals surface area contributed by atoms with Gasteiger partial charge in [0.15, 0.2) is 0 Å². The van der Waals surface area contributed by atoms with Gasteiger partial charge >= 0.3 is 46.4 Å². The second-order valence-electron chi connectivity index (χ2n) is 0.257. The normalized spacial score (nSPS) is 6.60. The standard InChI is InChI=1S/CH3O2P.Ca.2H/c1-3-4-2;;;/h1H3;;;. The van der Waals surface area contributed by atoms with E-state index >= 15 is 0 Å². The zero-order valence-corrected chi connectivity index (χ0v) is 3.16. The molecule has 0 rings (SSSR count). The van der Waals surface area contributed by atoms with Crippen LogP contribution in [0.5, 0.6) is 0 Å². The summed E-state index contributed by atoms with van der Waals surface area (Å²) in [5.41, 5.74) is 0. The Balaban J connectivity index is 0. The predicted molar refractivity (Wildman–Crippen MR) is 23.2 cm³/mol. The second-order valence-corrected chi connectivity index (χ2v) is 0.771. The quantitative estimate of drug-likeness (QED) is 0.357. The first-order valence-corrected chi connectivity index (χ1v) is 1.50. The van der Waals surface area contributed by atoms with Gasteiger partial charge in [0.2, 0.25) is 0 Å². The Hall–Kier alpha value is 1.32. The molecule has 2 nitrogen and oxygen atoms in total. The third-order valence-corrected chi connectivity index (χ3v) is 0.224. The average Bonchev–Trinajstić information content (AvgIpc) is 1.37. The molecule has 0 aromatic carbocycles. The van der Waals surface area contributed by atoms with Crippen LogP contribution in [0.4, 0.5) is 0 Å². The molecule has 0 fully saturated rings. The summed E-state index contributed by atoms with van der Waals surface area (Å²) < 4.78 is 13.0. The zero-order valence-electron chi connectivity index (χ0n) is 2.26. The summed E-state index contributed by atoms with van der Waals surface area (Å²) in [6, 6.07) is 0. The van der Waals surface area contributed by atoms with Crippen molar-refractivity contribution in [2.75, 3.05) is 7.11 Å². The average molecular weight is 120 g/mol. The maximum absolute atomic E-state index is 9.05. The van der Waals surface area contributed by atoms with Gasteiger partial charge in [0, 0.05) is 7.11 Å². The molecule has 0 unspecified atom stereocenters. The first kappa shape index (κ1) is 9.58. The van der Waals surface area contributed by atoms with Crippen LogP contribution in [0.25, 0.3) is 0 Å². The van der Waals surface area contributed by atoms with E-state index in [9.17, 15) is 0 Å². The van der Waals surface area contributed by atoms with Crippen molar-refractivity contribution in [2.24, 2.45) is 0 Å². The minimum absolute atomic E-state index is 0. The van der Waals surface area contributed by atoms with Crippen molar-refractivity contribution in [3.05, 3.63) is 0 Å². The van der Waals surface area contributed by atoms with Crippen LogP contribution < -0.4 is 0 Å². The van der Waals surface area contributed by atoms with Gasteiger partial charge in [-0.25, -0.2) is 4.57 Å². The predicted octanol–water partition coefficient (Wildman–Crippen LogP) is -0.0767. The molecule has 4 heteroatoms. The summed E-state index contributed by atoms with van der Waals surface area (Å²) in [5.74, 6) is 0. The van der Waals surface area contributed by atoms with Gasteiger partial charge < -0.3 is 0 Å². The molecule has 0 saturated heterocycles. The second kappa shape index (κ2) is 9.01. The van der Waals surface area contributed by atoms with Crippen molar-refractivity contribution >= 4 is 46.4 Å². The van der Waals surface area contributed by atoms with Gasteiger partial charge in [-0.15, -0.1) is 0 Å². The Kier molecular flexibility index (Phi) is 17.3. The van der Waals surface area contributed by atoms with E-state index in [-0.39, 0.29) is 46.4 Å². The number of rotatable bonds is 1. The van der Waals surface area contributed by atoms with E-state index in [0.29, 0.717) is 0 Å². The van der Waals surface area contributed by atoms with E-state index in [1.165, 1.54) is 7.11 Å². The number of hydrogen-bond donors (Lipinski definition) is 0. The van der Waals surface area contributed by atoms with Crippen LogP contribution in [0.3, 0.4) is 0 Å². The van der Waals surface area contributed by atoms with Crippen LogP contribution in [0.15, 0.2) is 0 Å². The topological polar surface area (TPSA) is 26.3 Å².